The van der Waals surface area contributed by atoms with E-state index in [0.717, 1.165) is 0 Å². The third-order valence-electron chi connectivity index (χ3n) is 2.66. The molecular formula is C11H14IN. The standard InChI is InChI=1S/C11H14IN/c1-11(2)10(12)7-8-5-3-4-6-9(8)13-11/h3-6,10,13H,7H2,1-2H3. The number of halogens is 1. The average molecular weight is 287 g/mol. The number of rotatable bonds is 0. The fraction of sp³-hybridized carbons (Fsp3) is 0.455. The van der Waals surface area contributed by atoms with Crippen LogP contribution in [-0.2, 0) is 6.42 Å². The minimum Gasteiger partial charge on any atom is -0.379 e. The van der Waals surface area contributed by atoms with Crippen molar-refractivity contribution in [1.29, 1.82) is 0 Å². The summed E-state index contributed by atoms with van der Waals surface area (Å²) >= 11 is 2.53. The SMILES string of the molecule is CC1(C)Nc2ccccc2CC1I. The Bertz CT molecular complexity index is 320. The molecule has 0 saturated heterocycles. The maximum atomic E-state index is 3.58. The minimum absolute atomic E-state index is 0.217. The highest BCUT2D eigenvalue weighted by Crippen LogP contribution is 2.34. The Hall–Kier alpha value is -0.250. The van der Waals surface area contributed by atoms with E-state index in [1.165, 1.54) is 17.7 Å². The number of para-hydroxylation sites is 1. The molecule has 1 unspecified atom stereocenters. The Morgan fingerprint density at radius 1 is 1.38 bits per heavy atom. The Morgan fingerprint density at radius 3 is 2.85 bits per heavy atom. The lowest BCUT2D eigenvalue weighted by atomic mass is 9.89. The van der Waals surface area contributed by atoms with Gasteiger partial charge in [-0.05, 0) is 31.9 Å². The van der Waals surface area contributed by atoms with E-state index in [9.17, 15) is 0 Å². The Balaban J connectivity index is 2.39. The molecule has 2 rings (SSSR count). The van der Waals surface area contributed by atoms with Gasteiger partial charge in [-0.1, -0.05) is 40.8 Å². The molecule has 1 aromatic rings. The monoisotopic (exact) mass is 287 g/mol. The van der Waals surface area contributed by atoms with E-state index >= 15 is 0 Å². The first-order valence-electron chi connectivity index (χ1n) is 4.60. The van der Waals surface area contributed by atoms with Crippen molar-refractivity contribution in [2.75, 3.05) is 5.32 Å². The van der Waals surface area contributed by atoms with Gasteiger partial charge in [0.15, 0.2) is 0 Å². The molecule has 0 saturated carbocycles. The molecule has 70 valence electrons. The van der Waals surface area contributed by atoms with E-state index in [1.54, 1.807) is 0 Å². The predicted molar refractivity (Wildman–Crippen MR) is 65.7 cm³/mol. The third-order valence-corrected chi connectivity index (χ3v) is 4.65. The highest BCUT2D eigenvalue weighted by atomic mass is 127. The Morgan fingerprint density at radius 2 is 2.08 bits per heavy atom. The lowest BCUT2D eigenvalue weighted by Crippen LogP contribution is -2.44. The van der Waals surface area contributed by atoms with Crippen molar-refractivity contribution in [2.45, 2.75) is 29.7 Å². The predicted octanol–water partition coefficient (Wildman–Crippen LogP) is 3.24. The number of hydrogen-bond donors (Lipinski definition) is 1. The molecule has 0 radical (unpaired) electrons. The molecule has 1 atom stereocenters. The van der Waals surface area contributed by atoms with Gasteiger partial charge < -0.3 is 5.32 Å². The van der Waals surface area contributed by atoms with Crippen molar-refractivity contribution >= 4 is 28.3 Å². The van der Waals surface area contributed by atoms with Gasteiger partial charge >= 0.3 is 0 Å². The summed E-state index contributed by atoms with van der Waals surface area (Å²) in [7, 11) is 0. The van der Waals surface area contributed by atoms with E-state index in [0.29, 0.717) is 3.92 Å². The van der Waals surface area contributed by atoms with Crippen LogP contribution in [0.4, 0.5) is 5.69 Å². The first kappa shape index (κ1) is 9.31. The molecule has 1 N–H and O–H groups in total. The van der Waals surface area contributed by atoms with Crippen molar-refractivity contribution in [3.8, 4) is 0 Å². The first-order chi connectivity index (χ1) is 6.09. The van der Waals surface area contributed by atoms with Gasteiger partial charge in [0.2, 0.25) is 0 Å². The number of alkyl halides is 1. The van der Waals surface area contributed by atoms with E-state index in [2.05, 4.69) is 66.0 Å². The normalized spacial score (nSPS) is 24.7. The topological polar surface area (TPSA) is 12.0 Å². The van der Waals surface area contributed by atoms with Gasteiger partial charge in [-0.2, -0.15) is 0 Å². The molecule has 1 nitrogen and oxygen atoms in total. The number of fused-ring (bicyclic) bond motifs is 1. The van der Waals surface area contributed by atoms with Crippen molar-refractivity contribution < 1.29 is 0 Å². The van der Waals surface area contributed by atoms with Gasteiger partial charge in [0.25, 0.3) is 0 Å². The summed E-state index contributed by atoms with van der Waals surface area (Å²) < 4.78 is 0.667. The van der Waals surface area contributed by atoms with Gasteiger partial charge in [-0.3, -0.25) is 0 Å². The van der Waals surface area contributed by atoms with Crippen molar-refractivity contribution in [3.63, 3.8) is 0 Å². The lowest BCUT2D eigenvalue weighted by molar-refractivity contribution is 0.533. The molecule has 1 aliphatic heterocycles. The van der Waals surface area contributed by atoms with E-state index in [1.807, 2.05) is 0 Å². The average Bonchev–Trinajstić information content (AvgIpc) is 2.06. The summed E-state index contributed by atoms with van der Waals surface area (Å²) in [5, 5.41) is 3.58. The molecule has 0 fully saturated rings. The third kappa shape index (κ3) is 1.68. The molecule has 1 heterocycles. The number of anilines is 1. The van der Waals surface area contributed by atoms with Crippen LogP contribution in [0.15, 0.2) is 24.3 Å². The molecule has 0 spiro atoms. The zero-order chi connectivity index (χ0) is 9.47. The number of hydrogen-bond acceptors (Lipinski definition) is 1. The molecule has 13 heavy (non-hydrogen) atoms. The van der Waals surface area contributed by atoms with Gasteiger partial charge in [-0.15, -0.1) is 0 Å². The molecule has 0 aliphatic carbocycles. The van der Waals surface area contributed by atoms with Crippen LogP contribution < -0.4 is 5.32 Å². The van der Waals surface area contributed by atoms with E-state index in [4.69, 9.17) is 0 Å². The summed E-state index contributed by atoms with van der Waals surface area (Å²) in [5.41, 5.74) is 2.97. The minimum atomic E-state index is 0.217. The molecule has 0 amide bonds. The Kier molecular flexibility index (Phi) is 2.26. The first-order valence-corrected chi connectivity index (χ1v) is 5.84. The van der Waals surface area contributed by atoms with Crippen LogP contribution in [0, 0.1) is 0 Å². The van der Waals surface area contributed by atoms with Crippen LogP contribution >= 0.6 is 22.6 Å². The molecule has 2 heteroatoms. The second-order valence-corrected chi connectivity index (χ2v) is 5.68. The summed E-state index contributed by atoms with van der Waals surface area (Å²) in [4.78, 5) is 0. The molecule has 1 aliphatic rings. The van der Waals surface area contributed by atoms with Gasteiger partial charge in [0.05, 0.1) is 0 Å². The van der Waals surface area contributed by atoms with Gasteiger partial charge in [0, 0.05) is 15.2 Å². The number of benzene rings is 1. The van der Waals surface area contributed by atoms with Crippen LogP contribution in [0.3, 0.4) is 0 Å². The van der Waals surface area contributed by atoms with Crippen molar-refractivity contribution in [2.24, 2.45) is 0 Å². The Labute approximate surface area is 93.1 Å². The number of nitrogens with one attached hydrogen (secondary N) is 1. The maximum absolute atomic E-state index is 3.58. The molecule has 0 bridgehead atoms. The highest BCUT2D eigenvalue weighted by Gasteiger charge is 2.32. The zero-order valence-corrected chi connectivity index (χ0v) is 10.1. The van der Waals surface area contributed by atoms with Crippen molar-refractivity contribution in [1.82, 2.24) is 0 Å². The summed E-state index contributed by atoms with van der Waals surface area (Å²) in [5.74, 6) is 0. The second-order valence-electron chi connectivity index (χ2n) is 4.18. The molecular weight excluding hydrogens is 273 g/mol. The summed E-state index contributed by atoms with van der Waals surface area (Å²) in [6.07, 6.45) is 1.18. The quantitative estimate of drug-likeness (QED) is 0.570. The van der Waals surface area contributed by atoms with Crippen LogP contribution in [-0.4, -0.2) is 9.46 Å². The highest BCUT2D eigenvalue weighted by molar-refractivity contribution is 14.1. The van der Waals surface area contributed by atoms with Crippen LogP contribution in [0.1, 0.15) is 19.4 Å². The smallest absolute Gasteiger partial charge is 0.0438 e. The summed E-state index contributed by atoms with van der Waals surface area (Å²) in [6.45, 7) is 4.53. The van der Waals surface area contributed by atoms with E-state index in [-0.39, 0.29) is 5.54 Å². The molecule has 1 aromatic carbocycles. The largest absolute Gasteiger partial charge is 0.379 e. The van der Waals surface area contributed by atoms with E-state index < -0.39 is 0 Å². The fourth-order valence-electron chi connectivity index (χ4n) is 1.69. The van der Waals surface area contributed by atoms with Gasteiger partial charge in [0.1, 0.15) is 0 Å². The zero-order valence-electron chi connectivity index (χ0n) is 7.97. The fourth-order valence-corrected chi connectivity index (χ4v) is 2.32. The lowest BCUT2D eigenvalue weighted by Gasteiger charge is -2.38. The maximum Gasteiger partial charge on any atom is 0.0438 e. The van der Waals surface area contributed by atoms with Gasteiger partial charge in [-0.25, -0.2) is 0 Å². The van der Waals surface area contributed by atoms with Crippen molar-refractivity contribution in [3.05, 3.63) is 29.8 Å². The van der Waals surface area contributed by atoms with Crippen LogP contribution in [0.5, 0.6) is 0 Å². The molecule has 0 aromatic heterocycles. The second kappa shape index (κ2) is 3.15. The summed E-state index contributed by atoms with van der Waals surface area (Å²) in [6, 6.07) is 8.58. The van der Waals surface area contributed by atoms with Crippen LogP contribution in [0.2, 0.25) is 0 Å². The van der Waals surface area contributed by atoms with Crippen LogP contribution in [0.25, 0.3) is 0 Å².